The van der Waals surface area contributed by atoms with Crippen molar-refractivity contribution in [3.05, 3.63) is 59.8 Å². The number of fused-ring (bicyclic) bond motifs is 1. The molecule has 3 rings (SSSR count). The van der Waals surface area contributed by atoms with Gasteiger partial charge in [-0.1, -0.05) is 13.8 Å². The van der Waals surface area contributed by atoms with E-state index in [2.05, 4.69) is 25.5 Å². The number of nitrogens with two attached hydrogens (primary N) is 2. The second-order valence-corrected chi connectivity index (χ2v) is 9.40. The molecule has 0 atom stereocenters. The molecule has 0 radical (unpaired) electrons. The van der Waals surface area contributed by atoms with Crippen LogP contribution in [-0.4, -0.2) is 71.2 Å². The van der Waals surface area contributed by atoms with Crippen LogP contribution >= 0.6 is 0 Å². The number of hydrogen-bond donors (Lipinski definition) is 5. The van der Waals surface area contributed by atoms with E-state index in [1.165, 1.54) is 6.21 Å². The molecule has 2 aromatic heterocycles. The van der Waals surface area contributed by atoms with E-state index >= 15 is 0 Å². The smallest absolute Gasteiger partial charge is 0.219 e. The number of allylic oxidation sites excluding steroid dienone is 3. The maximum Gasteiger partial charge on any atom is 0.219 e. The minimum absolute atomic E-state index is 0.151. The van der Waals surface area contributed by atoms with Crippen LogP contribution < -0.4 is 22.1 Å². The van der Waals surface area contributed by atoms with Gasteiger partial charge in [0.15, 0.2) is 0 Å². The zero-order chi connectivity index (χ0) is 26.8. The van der Waals surface area contributed by atoms with Gasteiger partial charge in [0.1, 0.15) is 11.6 Å². The lowest BCUT2D eigenvalue weighted by Gasteiger charge is -2.34. The Hall–Kier alpha value is -3.92. The van der Waals surface area contributed by atoms with Gasteiger partial charge in [0.25, 0.3) is 0 Å². The van der Waals surface area contributed by atoms with Crippen molar-refractivity contribution in [2.24, 2.45) is 17.4 Å². The first-order chi connectivity index (χ1) is 17.8. The number of amides is 1. The van der Waals surface area contributed by atoms with Gasteiger partial charge in [0.05, 0.1) is 11.0 Å². The number of pyridine rings is 2. The predicted molar refractivity (Wildman–Crippen MR) is 151 cm³/mol. The van der Waals surface area contributed by atoms with Crippen molar-refractivity contribution in [2.45, 2.75) is 27.2 Å². The second kappa shape index (κ2) is 13.4. The van der Waals surface area contributed by atoms with Crippen molar-refractivity contribution < 1.29 is 4.79 Å². The Bertz CT molecular complexity index is 1180. The van der Waals surface area contributed by atoms with Crippen molar-refractivity contribution in [3.63, 3.8) is 0 Å². The van der Waals surface area contributed by atoms with Crippen LogP contribution in [0.25, 0.3) is 16.6 Å². The molecule has 10 nitrogen and oxygen atoms in total. The molecule has 1 aliphatic rings. The maximum atomic E-state index is 11.5. The quantitative estimate of drug-likeness (QED) is 0.178. The molecule has 7 N–H and O–H groups in total. The molecular weight excluding hydrogens is 466 g/mol. The second-order valence-electron chi connectivity index (χ2n) is 9.40. The van der Waals surface area contributed by atoms with Crippen molar-refractivity contribution >= 4 is 34.5 Å². The van der Waals surface area contributed by atoms with Crippen LogP contribution in [-0.2, 0) is 4.79 Å². The zero-order valence-corrected chi connectivity index (χ0v) is 22.0. The first-order valence-electron chi connectivity index (χ1n) is 12.7. The van der Waals surface area contributed by atoms with Crippen molar-refractivity contribution in [1.29, 1.82) is 5.41 Å². The van der Waals surface area contributed by atoms with E-state index in [-0.39, 0.29) is 11.8 Å². The summed E-state index contributed by atoms with van der Waals surface area (Å²) in [7, 11) is 0. The third-order valence-electron chi connectivity index (χ3n) is 6.35. The number of carbonyl (C=O) groups excluding carboxylic acids is 1. The molecule has 0 bridgehead atoms. The molecule has 0 saturated carbocycles. The number of aromatic nitrogens is 2. The topological polar surface area (TPSA) is 149 Å². The van der Waals surface area contributed by atoms with Crippen LogP contribution in [0.5, 0.6) is 0 Å². The van der Waals surface area contributed by atoms with Crippen molar-refractivity contribution in [3.8, 4) is 0 Å². The zero-order valence-electron chi connectivity index (χ0n) is 22.0. The van der Waals surface area contributed by atoms with Crippen molar-refractivity contribution in [1.82, 2.24) is 25.1 Å². The minimum Gasteiger partial charge on any atom is -0.404 e. The first-order valence-corrected chi connectivity index (χ1v) is 12.7. The normalized spacial score (nSPS) is 15.8. The molecule has 10 heteroatoms. The molecule has 1 fully saturated rings. The molecule has 0 spiro atoms. The predicted octanol–water partition coefficient (Wildman–Crippen LogP) is 2.47. The Morgan fingerprint density at radius 3 is 2.62 bits per heavy atom. The van der Waals surface area contributed by atoms with Gasteiger partial charge in [-0.05, 0) is 54.9 Å². The summed E-state index contributed by atoms with van der Waals surface area (Å²) >= 11 is 0. The van der Waals surface area contributed by atoms with Gasteiger partial charge in [-0.3, -0.25) is 14.7 Å². The third-order valence-corrected chi connectivity index (χ3v) is 6.35. The number of nitrogens with zero attached hydrogens (tertiary/aromatic N) is 4. The van der Waals surface area contributed by atoms with Crippen molar-refractivity contribution in [2.75, 3.05) is 44.6 Å². The van der Waals surface area contributed by atoms with E-state index in [0.29, 0.717) is 17.2 Å². The summed E-state index contributed by atoms with van der Waals surface area (Å²) in [5.41, 5.74) is 15.7. The molecule has 198 valence electrons. The van der Waals surface area contributed by atoms with Crippen LogP contribution in [0.4, 0.5) is 5.82 Å². The summed E-state index contributed by atoms with van der Waals surface area (Å²) in [6.07, 6.45) is 9.24. The largest absolute Gasteiger partial charge is 0.404 e. The molecule has 0 aromatic carbocycles. The van der Waals surface area contributed by atoms with Crippen LogP contribution in [0.3, 0.4) is 0 Å². The Labute approximate surface area is 219 Å². The molecular formula is C27H39N9O. The van der Waals surface area contributed by atoms with Gasteiger partial charge >= 0.3 is 0 Å². The van der Waals surface area contributed by atoms with Gasteiger partial charge in [-0.25, -0.2) is 4.98 Å². The van der Waals surface area contributed by atoms with E-state index in [1.807, 2.05) is 43.1 Å². The Balaban J connectivity index is 1.59. The van der Waals surface area contributed by atoms with Crippen LogP contribution in [0, 0.1) is 11.3 Å². The number of rotatable bonds is 11. The molecule has 1 amide bonds. The summed E-state index contributed by atoms with van der Waals surface area (Å²) in [6.45, 7) is 10.9. The molecule has 2 aromatic rings. The summed E-state index contributed by atoms with van der Waals surface area (Å²) in [4.78, 5) is 24.9. The standard InChI is InChI=1S/C27H39N9O/c1-19(2)21(15-28)14-26(30)34-27-6-5-24-25(33-27)13-22(18-32-24)23(16-29)17-31-7-4-8-35-9-11-36(12-10-35)20(3)37/h5-6,13-19,29,31H,4,7-12,28,30H2,1-3H3,(H,33,34)/b21-15+,23-17+,26-14+,29-16?. The highest BCUT2D eigenvalue weighted by Gasteiger charge is 2.17. The summed E-state index contributed by atoms with van der Waals surface area (Å²) in [6, 6.07) is 5.62. The number of hydrogen-bond acceptors (Lipinski definition) is 9. The highest BCUT2D eigenvalue weighted by Crippen LogP contribution is 2.19. The van der Waals surface area contributed by atoms with Crippen LogP contribution in [0.15, 0.2) is 54.3 Å². The average Bonchev–Trinajstić information content (AvgIpc) is 2.89. The monoisotopic (exact) mass is 505 g/mol. The Morgan fingerprint density at radius 1 is 1.22 bits per heavy atom. The van der Waals surface area contributed by atoms with Crippen LogP contribution in [0.2, 0.25) is 0 Å². The summed E-state index contributed by atoms with van der Waals surface area (Å²) in [5.74, 6) is 1.46. The van der Waals surface area contributed by atoms with Crippen LogP contribution in [0.1, 0.15) is 32.8 Å². The lowest BCUT2D eigenvalue weighted by Crippen LogP contribution is -2.48. The highest BCUT2D eigenvalue weighted by atomic mass is 16.2. The first kappa shape index (κ1) is 27.7. The maximum absolute atomic E-state index is 11.5. The lowest BCUT2D eigenvalue weighted by atomic mass is 10.0. The molecule has 1 saturated heterocycles. The Morgan fingerprint density at radius 2 is 1.97 bits per heavy atom. The number of carbonyl (C=O) groups is 1. The van der Waals surface area contributed by atoms with E-state index in [4.69, 9.17) is 16.9 Å². The summed E-state index contributed by atoms with van der Waals surface area (Å²) < 4.78 is 0. The highest BCUT2D eigenvalue weighted by molar-refractivity contribution is 6.08. The van der Waals surface area contributed by atoms with E-state index < -0.39 is 0 Å². The van der Waals surface area contributed by atoms with Gasteiger partial charge < -0.3 is 32.4 Å². The average molecular weight is 506 g/mol. The molecule has 37 heavy (non-hydrogen) atoms. The Kier molecular flexibility index (Phi) is 10.0. The molecule has 0 aliphatic carbocycles. The number of nitrogens with one attached hydrogen (secondary N) is 3. The van der Waals surface area contributed by atoms with E-state index in [1.54, 1.807) is 25.4 Å². The van der Waals surface area contributed by atoms with E-state index in [9.17, 15) is 4.79 Å². The molecule has 1 aliphatic heterocycles. The third kappa shape index (κ3) is 8.04. The minimum atomic E-state index is 0.151. The van der Waals surface area contributed by atoms with Gasteiger partial charge in [-0.15, -0.1) is 0 Å². The fourth-order valence-electron chi connectivity index (χ4n) is 4.09. The fraction of sp³-hybridized carbons (Fsp3) is 0.407. The van der Waals surface area contributed by atoms with Gasteiger partial charge in [-0.2, -0.15) is 0 Å². The molecule has 0 unspecified atom stereocenters. The SMILES string of the molecule is CC(=O)N1CCN(CCCN/C=C(\C=N)c2cnc3ccc(N/C(N)=C/C(=C\N)C(C)C)nc3c2)CC1. The molecule has 3 heterocycles. The lowest BCUT2D eigenvalue weighted by molar-refractivity contribution is -0.130. The summed E-state index contributed by atoms with van der Waals surface area (Å²) in [5, 5.41) is 14.3. The fourth-order valence-corrected chi connectivity index (χ4v) is 4.09. The van der Waals surface area contributed by atoms with Gasteiger partial charge in [0.2, 0.25) is 5.91 Å². The van der Waals surface area contributed by atoms with E-state index in [0.717, 1.165) is 67.9 Å². The number of piperazine rings is 1. The van der Waals surface area contributed by atoms with Gasteiger partial charge in [0, 0.05) is 69.4 Å². The number of anilines is 1.